The van der Waals surface area contributed by atoms with E-state index < -0.39 is 9.84 Å². The maximum absolute atomic E-state index is 11.1. The van der Waals surface area contributed by atoms with Gasteiger partial charge in [-0.05, 0) is 25.2 Å². The molecule has 0 amide bonds. The fraction of sp³-hybridized carbons (Fsp3) is 1.00. The van der Waals surface area contributed by atoms with E-state index in [0.29, 0.717) is 17.4 Å². The van der Waals surface area contributed by atoms with E-state index in [1.807, 2.05) is 6.92 Å². The second-order valence-corrected chi connectivity index (χ2v) is 6.28. The molecule has 1 atom stereocenters. The molecule has 0 aromatic rings. The number of rotatable bonds is 2. The van der Waals surface area contributed by atoms with E-state index in [1.54, 1.807) is 0 Å². The molecule has 0 aliphatic carbocycles. The Morgan fingerprint density at radius 3 is 2.33 bits per heavy atom. The van der Waals surface area contributed by atoms with Crippen molar-refractivity contribution in [1.82, 2.24) is 0 Å². The molecule has 1 heterocycles. The van der Waals surface area contributed by atoms with Gasteiger partial charge in [-0.3, -0.25) is 0 Å². The lowest BCUT2D eigenvalue weighted by atomic mass is 9.97. The minimum atomic E-state index is -2.72. The van der Waals surface area contributed by atoms with Gasteiger partial charge >= 0.3 is 0 Å². The molecule has 2 nitrogen and oxygen atoms in total. The molecule has 1 aliphatic heterocycles. The van der Waals surface area contributed by atoms with E-state index in [2.05, 4.69) is 0 Å². The molecule has 1 saturated heterocycles. The quantitative estimate of drug-likeness (QED) is 0.652. The van der Waals surface area contributed by atoms with Crippen LogP contribution in [0.4, 0.5) is 0 Å². The van der Waals surface area contributed by atoms with Crippen molar-refractivity contribution < 1.29 is 8.42 Å². The maximum atomic E-state index is 11.1. The predicted octanol–water partition coefficient (Wildman–Crippen LogP) is 1.83. The van der Waals surface area contributed by atoms with E-state index in [-0.39, 0.29) is 5.38 Å². The van der Waals surface area contributed by atoms with Gasteiger partial charge in [-0.25, -0.2) is 8.42 Å². The van der Waals surface area contributed by atoms with Gasteiger partial charge in [0.15, 0.2) is 0 Å². The maximum Gasteiger partial charge on any atom is 0.150 e. The summed E-state index contributed by atoms with van der Waals surface area (Å²) in [5.41, 5.74) is 0. The molecular weight excluding hydrogens is 196 g/mol. The third-order valence-electron chi connectivity index (χ3n) is 2.50. The highest BCUT2D eigenvalue weighted by Crippen LogP contribution is 2.26. The zero-order chi connectivity index (χ0) is 9.19. The van der Waals surface area contributed by atoms with Gasteiger partial charge in [0.25, 0.3) is 0 Å². The number of sulfone groups is 1. The highest BCUT2D eigenvalue weighted by molar-refractivity contribution is 7.91. The minimum absolute atomic E-state index is 0.167. The molecule has 0 spiro atoms. The Balaban J connectivity index is 2.46. The largest absolute Gasteiger partial charge is 0.229 e. The summed E-state index contributed by atoms with van der Waals surface area (Å²) in [6, 6.07) is 0. The summed E-state index contributed by atoms with van der Waals surface area (Å²) < 4.78 is 22.1. The molecule has 1 rings (SSSR count). The Labute approximate surface area is 79.2 Å². The Kier molecular flexibility index (Phi) is 3.41. The second kappa shape index (κ2) is 3.97. The SMILES string of the molecule is CCC(Cl)C1CCS(=O)(=O)CC1. The molecular formula is C8H15ClO2S. The van der Waals surface area contributed by atoms with Crippen molar-refractivity contribution in [3.8, 4) is 0 Å². The lowest BCUT2D eigenvalue weighted by molar-refractivity contribution is 0.438. The highest BCUT2D eigenvalue weighted by atomic mass is 35.5. The van der Waals surface area contributed by atoms with Gasteiger partial charge in [0, 0.05) is 5.38 Å². The van der Waals surface area contributed by atoms with Crippen molar-refractivity contribution in [3.05, 3.63) is 0 Å². The normalized spacial score (nSPS) is 26.8. The second-order valence-electron chi connectivity index (χ2n) is 3.41. The van der Waals surface area contributed by atoms with Crippen molar-refractivity contribution in [2.75, 3.05) is 11.5 Å². The number of hydrogen-bond acceptors (Lipinski definition) is 2. The zero-order valence-corrected chi connectivity index (χ0v) is 8.87. The smallest absolute Gasteiger partial charge is 0.150 e. The summed E-state index contributed by atoms with van der Waals surface area (Å²) in [6.45, 7) is 2.04. The average Bonchev–Trinajstić information content (AvgIpc) is 2.03. The first-order chi connectivity index (χ1) is 5.55. The topological polar surface area (TPSA) is 34.1 Å². The first-order valence-corrected chi connectivity index (χ1v) is 6.65. The van der Waals surface area contributed by atoms with Crippen LogP contribution in [-0.4, -0.2) is 25.3 Å². The molecule has 0 aromatic carbocycles. The number of alkyl halides is 1. The number of halogens is 1. The summed E-state index contributed by atoms with van der Waals surface area (Å²) in [4.78, 5) is 0. The first kappa shape index (κ1) is 10.3. The molecule has 0 N–H and O–H groups in total. The van der Waals surface area contributed by atoms with Gasteiger partial charge in [-0.1, -0.05) is 6.92 Å². The first-order valence-electron chi connectivity index (χ1n) is 4.39. The van der Waals surface area contributed by atoms with Crippen LogP contribution in [-0.2, 0) is 9.84 Å². The van der Waals surface area contributed by atoms with Gasteiger partial charge in [-0.15, -0.1) is 11.6 Å². The van der Waals surface area contributed by atoms with E-state index in [9.17, 15) is 8.42 Å². The molecule has 72 valence electrons. The molecule has 1 unspecified atom stereocenters. The molecule has 0 aromatic heterocycles. The van der Waals surface area contributed by atoms with E-state index in [4.69, 9.17) is 11.6 Å². The van der Waals surface area contributed by atoms with Gasteiger partial charge in [-0.2, -0.15) is 0 Å². The van der Waals surface area contributed by atoms with Crippen LogP contribution in [0.2, 0.25) is 0 Å². The Bertz CT molecular complexity index is 221. The van der Waals surface area contributed by atoms with E-state index in [0.717, 1.165) is 19.3 Å². The molecule has 0 saturated carbocycles. The Morgan fingerprint density at radius 1 is 1.42 bits per heavy atom. The minimum Gasteiger partial charge on any atom is -0.229 e. The summed E-state index contributed by atoms with van der Waals surface area (Å²) in [7, 11) is -2.72. The van der Waals surface area contributed by atoms with Crippen molar-refractivity contribution in [2.24, 2.45) is 5.92 Å². The van der Waals surface area contributed by atoms with Crippen molar-refractivity contribution in [3.63, 3.8) is 0 Å². The van der Waals surface area contributed by atoms with Gasteiger partial charge in [0.05, 0.1) is 11.5 Å². The number of hydrogen-bond donors (Lipinski definition) is 0. The molecule has 12 heavy (non-hydrogen) atoms. The lowest BCUT2D eigenvalue weighted by Crippen LogP contribution is -2.28. The molecule has 0 bridgehead atoms. The highest BCUT2D eigenvalue weighted by Gasteiger charge is 2.27. The molecule has 4 heteroatoms. The Hall–Kier alpha value is 0.240. The van der Waals surface area contributed by atoms with Crippen LogP contribution in [0.25, 0.3) is 0 Å². The van der Waals surface area contributed by atoms with Crippen LogP contribution >= 0.6 is 11.6 Å². The van der Waals surface area contributed by atoms with E-state index >= 15 is 0 Å². The lowest BCUT2D eigenvalue weighted by Gasteiger charge is -2.25. The average molecular weight is 211 g/mol. The van der Waals surface area contributed by atoms with Crippen LogP contribution in [0, 0.1) is 5.92 Å². The van der Waals surface area contributed by atoms with Crippen molar-refractivity contribution in [1.29, 1.82) is 0 Å². The fourth-order valence-electron chi connectivity index (χ4n) is 1.60. The Morgan fingerprint density at radius 2 is 1.92 bits per heavy atom. The fourth-order valence-corrected chi connectivity index (χ4v) is 3.38. The van der Waals surface area contributed by atoms with Gasteiger partial charge < -0.3 is 0 Å². The van der Waals surface area contributed by atoms with Gasteiger partial charge in [0.1, 0.15) is 9.84 Å². The molecule has 1 aliphatic rings. The predicted molar refractivity (Wildman–Crippen MR) is 51.3 cm³/mol. The van der Waals surface area contributed by atoms with Crippen molar-refractivity contribution in [2.45, 2.75) is 31.6 Å². The third kappa shape index (κ3) is 2.63. The summed E-state index contributed by atoms with van der Waals surface area (Å²) in [5.74, 6) is 1.09. The summed E-state index contributed by atoms with van der Waals surface area (Å²) in [5, 5.41) is 0.167. The third-order valence-corrected chi connectivity index (χ3v) is 4.88. The standard InChI is InChI=1S/C8H15ClO2S/c1-2-8(9)7-3-5-12(10,11)6-4-7/h7-8H,2-6H2,1H3. The van der Waals surface area contributed by atoms with Crippen LogP contribution in [0.3, 0.4) is 0 Å². The van der Waals surface area contributed by atoms with Crippen LogP contribution in [0.5, 0.6) is 0 Å². The van der Waals surface area contributed by atoms with Crippen LogP contribution in [0.1, 0.15) is 26.2 Å². The van der Waals surface area contributed by atoms with Crippen LogP contribution in [0.15, 0.2) is 0 Å². The summed E-state index contributed by atoms with van der Waals surface area (Å²) >= 11 is 6.04. The summed E-state index contributed by atoms with van der Waals surface area (Å²) in [6.07, 6.45) is 2.45. The van der Waals surface area contributed by atoms with Crippen molar-refractivity contribution >= 4 is 21.4 Å². The van der Waals surface area contributed by atoms with Crippen LogP contribution < -0.4 is 0 Å². The molecule has 1 fully saturated rings. The molecule has 0 radical (unpaired) electrons. The zero-order valence-electron chi connectivity index (χ0n) is 7.29. The monoisotopic (exact) mass is 210 g/mol. The van der Waals surface area contributed by atoms with E-state index in [1.165, 1.54) is 0 Å². The van der Waals surface area contributed by atoms with Gasteiger partial charge in [0.2, 0.25) is 0 Å².